The van der Waals surface area contributed by atoms with Crippen LogP contribution in [0.4, 0.5) is 26.3 Å². The van der Waals surface area contributed by atoms with Gasteiger partial charge in [-0.3, -0.25) is 10.1 Å². The molecule has 0 spiro atoms. The van der Waals surface area contributed by atoms with E-state index in [1.165, 1.54) is 30.5 Å². The van der Waals surface area contributed by atoms with Crippen LogP contribution in [0.3, 0.4) is 0 Å². The number of aromatic amines is 1. The summed E-state index contributed by atoms with van der Waals surface area (Å²) in [5.41, 5.74) is 1.20. The van der Waals surface area contributed by atoms with Gasteiger partial charge in [0.05, 0.1) is 6.04 Å². The molecule has 1 saturated heterocycles. The van der Waals surface area contributed by atoms with Gasteiger partial charge in [0.2, 0.25) is 0 Å². The Morgan fingerprint density at radius 1 is 0.938 bits per heavy atom. The number of halogens is 6. The van der Waals surface area contributed by atoms with Crippen LogP contribution in [-0.2, 0) is 6.42 Å². The van der Waals surface area contributed by atoms with Crippen LogP contribution in [0, 0.1) is 0 Å². The fourth-order valence-corrected chi connectivity index (χ4v) is 4.14. The quantitative estimate of drug-likeness (QED) is 0.564. The fourth-order valence-electron chi connectivity index (χ4n) is 4.14. The molecule has 4 nitrogen and oxygen atoms in total. The molecule has 1 aliphatic rings. The van der Waals surface area contributed by atoms with E-state index < -0.39 is 42.9 Å². The van der Waals surface area contributed by atoms with Crippen molar-refractivity contribution in [2.24, 2.45) is 0 Å². The van der Waals surface area contributed by atoms with E-state index in [4.69, 9.17) is 0 Å². The molecule has 170 valence electrons. The molecule has 2 N–H and O–H groups in total. The summed E-state index contributed by atoms with van der Waals surface area (Å²) in [6, 6.07) is 7.67. The number of carbonyl (C=O) groups is 1. The number of H-pyrrole nitrogens is 1. The number of nitrogens with zero attached hydrogens (tertiary/aromatic N) is 1. The van der Waals surface area contributed by atoms with Crippen LogP contribution in [0.25, 0.3) is 10.9 Å². The Morgan fingerprint density at radius 2 is 1.59 bits per heavy atom. The molecule has 0 aliphatic carbocycles. The fraction of sp³-hybridized carbons (Fsp3) is 0.318. The van der Waals surface area contributed by atoms with Gasteiger partial charge in [0.15, 0.2) is 0 Å². The van der Waals surface area contributed by atoms with Gasteiger partial charge in [-0.2, -0.15) is 26.3 Å². The van der Waals surface area contributed by atoms with Gasteiger partial charge in [-0.05, 0) is 30.2 Å². The second-order valence-corrected chi connectivity index (χ2v) is 7.73. The van der Waals surface area contributed by atoms with Crippen LogP contribution in [-0.4, -0.2) is 52.8 Å². The van der Waals surface area contributed by atoms with Gasteiger partial charge in [0, 0.05) is 29.2 Å². The summed E-state index contributed by atoms with van der Waals surface area (Å²) in [5.74, 6) is -0.875. The third kappa shape index (κ3) is 4.32. The number of amides is 1. The van der Waals surface area contributed by atoms with Crippen LogP contribution < -0.4 is 5.32 Å². The highest BCUT2D eigenvalue weighted by Crippen LogP contribution is 2.35. The number of hydrogen-bond acceptors (Lipinski definition) is 2. The number of rotatable bonds is 3. The highest BCUT2D eigenvalue weighted by atomic mass is 19.4. The molecular formula is C22H19F6N3O. The number of hydrogen-bond donors (Lipinski definition) is 2. The molecule has 1 aromatic heterocycles. The highest BCUT2D eigenvalue weighted by molar-refractivity contribution is 5.94. The second kappa shape index (κ2) is 8.16. The zero-order valence-electron chi connectivity index (χ0n) is 16.5. The van der Waals surface area contributed by atoms with Gasteiger partial charge in [0.25, 0.3) is 5.91 Å². The van der Waals surface area contributed by atoms with Gasteiger partial charge in [-0.1, -0.05) is 36.4 Å². The van der Waals surface area contributed by atoms with Crippen molar-refractivity contribution in [3.05, 3.63) is 71.9 Å². The number of nitrogens with one attached hydrogen (secondary N) is 2. The van der Waals surface area contributed by atoms with Crippen LogP contribution in [0.5, 0.6) is 0 Å². The predicted octanol–water partition coefficient (Wildman–Crippen LogP) is 4.69. The van der Waals surface area contributed by atoms with Crippen molar-refractivity contribution in [2.75, 3.05) is 6.54 Å². The van der Waals surface area contributed by atoms with Gasteiger partial charge in [-0.15, -0.1) is 0 Å². The minimum Gasteiger partial charge on any atom is -0.361 e. The molecule has 0 bridgehead atoms. The van der Waals surface area contributed by atoms with Crippen molar-refractivity contribution in [3.8, 4) is 0 Å². The Kier molecular flexibility index (Phi) is 5.66. The minimum absolute atomic E-state index is 0.0279. The molecule has 3 aromatic rings. The second-order valence-electron chi connectivity index (χ2n) is 7.73. The first-order valence-corrected chi connectivity index (χ1v) is 9.86. The SMILES string of the molecule is O=C(c1ccccc1)N1CC(C(F)(F)F)NC(C(F)(F)F)C1Cc1c[nH]c2ccccc12. The number of para-hydroxylation sites is 1. The van der Waals surface area contributed by atoms with Gasteiger partial charge < -0.3 is 9.88 Å². The first-order chi connectivity index (χ1) is 15.1. The zero-order valence-corrected chi connectivity index (χ0v) is 16.5. The Hall–Kier alpha value is -3.01. The third-order valence-corrected chi connectivity index (χ3v) is 5.68. The molecule has 32 heavy (non-hydrogen) atoms. The van der Waals surface area contributed by atoms with E-state index in [-0.39, 0.29) is 12.0 Å². The Balaban J connectivity index is 1.78. The number of carbonyl (C=O) groups excluding carboxylic acids is 1. The first-order valence-electron chi connectivity index (χ1n) is 9.86. The molecule has 1 fully saturated rings. The summed E-state index contributed by atoms with van der Waals surface area (Å²) in [4.78, 5) is 16.8. The summed E-state index contributed by atoms with van der Waals surface area (Å²) in [7, 11) is 0. The van der Waals surface area contributed by atoms with Crippen molar-refractivity contribution < 1.29 is 31.1 Å². The number of benzene rings is 2. The predicted molar refractivity (Wildman–Crippen MR) is 106 cm³/mol. The molecule has 1 aliphatic heterocycles. The third-order valence-electron chi connectivity index (χ3n) is 5.68. The van der Waals surface area contributed by atoms with E-state index in [2.05, 4.69) is 4.98 Å². The summed E-state index contributed by atoms with van der Waals surface area (Å²) in [6.45, 7) is -0.920. The highest BCUT2D eigenvalue weighted by Gasteiger charge is 2.56. The molecule has 1 amide bonds. The normalized spacial score (nSPS) is 22.3. The van der Waals surface area contributed by atoms with Crippen molar-refractivity contribution in [1.82, 2.24) is 15.2 Å². The number of aromatic nitrogens is 1. The van der Waals surface area contributed by atoms with Gasteiger partial charge in [-0.25, -0.2) is 0 Å². The number of fused-ring (bicyclic) bond motifs is 1. The van der Waals surface area contributed by atoms with E-state index in [0.29, 0.717) is 21.4 Å². The average molecular weight is 455 g/mol. The maximum absolute atomic E-state index is 14.0. The maximum atomic E-state index is 14.0. The first kappa shape index (κ1) is 22.2. The number of piperazine rings is 1. The van der Waals surface area contributed by atoms with Gasteiger partial charge in [0.1, 0.15) is 12.1 Å². The maximum Gasteiger partial charge on any atom is 0.405 e. The van der Waals surface area contributed by atoms with E-state index in [1.807, 2.05) is 0 Å². The van der Waals surface area contributed by atoms with E-state index in [1.54, 1.807) is 35.6 Å². The van der Waals surface area contributed by atoms with E-state index in [9.17, 15) is 31.1 Å². The zero-order chi connectivity index (χ0) is 23.1. The molecule has 2 aromatic carbocycles. The minimum atomic E-state index is -5.00. The molecule has 4 rings (SSSR count). The standard InChI is InChI=1S/C22H19F6N3O/c23-21(24,25)18-12-31(20(32)13-6-2-1-3-7-13)17(19(30-18)22(26,27)28)10-14-11-29-16-9-5-4-8-15(14)16/h1-9,11,17-19,29-30H,10,12H2. The lowest BCUT2D eigenvalue weighted by Crippen LogP contribution is -2.71. The van der Waals surface area contributed by atoms with Crippen LogP contribution >= 0.6 is 0 Å². The summed E-state index contributed by atoms with van der Waals surface area (Å²) in [5, 5.41) is 2.38. The van der Waals surface area contributed by atoms with Crippen molar-refractivity contribution in [3.63, 3.8) is 0 Å². The van der Waals surface area contributed by atoms with Crippen LogP contribution in [0.15, 0.2) is 60.8 Å². The summed E-state index contributed by atoms with van der Waals surface area (Å²) in [6.07, 6.45) is -8.70. The van der Waals surface area contributed by atoms with Crippen LogP contribution in [0.2, 0.25) is 0 Å². The molecule has 3 atom stereocenters. The lowest BCUT2D eigenvalue weighted by atomic mass is 9.92. The van der Waals surface area contributed by atoms with Crippen molar-refractivity contribution in [1.29, 1.82) is 0 Å². The molecule has 3 unspecified atom stereocenters. The topological polar surface area (TPSA) is 48.1 Å². The average Bonchev–Trinajstić information content (AvgIpc) is 3.15. The Labute approximate surface area is 179 Å². The smallest absolute Gasteiger partial charge is 0.361 e. The van der Waals surface area contributed by atoms with Crippen LogP contribution in [0.1, 0.15) is 15.9 Å². The summed E-state index contributed by atoms with van der Waals surface area (Å²) < 4.78 is 82.3. The van der Waals surface area contributed by atoms with Gasteiger partial charge >= 0.3 is 12.4 Å². The molecule has 0 saturated carbocycles. The van der Waals surface area contributed by atoms with E-state index in [0.717, 1.165) is 0 Å². The Bertz CT molecular complexity index is 1090. The lowest BCUT2D eigenvalue weighted by molar-refractivity contribution is -0.211. The van der Waals surface area contributed by atoms with E-state index >= 15 is 0 Å². The molecular weight excluding hydrogens is 436 g/mol. The molecule has 2 heterocycles. The Morgan fingerprint density at radius 3 is 2.25 bits per heavy atom. The number of alkyl halides is 6. The van der Waals surface area contributed by atoms with Crippen molar-refractivity contribution in [2.45, 2.75) is 36.9 Å². The summed E-state index contributed by atoms with van der Waals surface area (Å²) >= 11 is 0. The van der Waals surface area contributed by atoms with Crippen molar-refractivity contribution >= 4 is 16.8 Å². The lowest BCUT2D eigenvalue weighted by Gasteiger charge is -2.46. The molecule has 0 radical (unpaired) electrons. The molecule has 10 heteroatoms. The monoisotopic (exact) mass is 455 g/mol. The largest absolute Gasteiger partial charge is 0.405 e.